The number of benzene rings is 1. The third-order valence-corrected chi connectivity index (χ3v) is 3.12. The monoisotopic (exact) mass is 239 g/mol. The van der Waals surface area contributed by atoms with Crippen LogP contribution in [0.15, 0.2) is 30.3 Å². The van der Waals surface area contributed by atoms with Crippen molar-refractivity contribution in [1.29, 1.82) is 0 Å². The topological polar surface area (TPSA) is 12.5 Å². The van der Waals surface area contributed by atoms with E-state index in [0.29, 0.717) is 12.0 Å². The van der Waals surface area contributed by atoms with Crippen molar-refractivity contribution in [2.75, 3.05) is 25.6 Å². The number of hydrogen-bond donors (Lipinski definition) is 0. The Labute approximate surface area is 102 Å². The Kier molecular flexibility index (Phi) is 4.64. The molecule has 0 bridgehead atoms. The molecule has 1 saturated heterocycles. The molecule has 1 aliphatic heterocycles. The number of halogens is 1. The van der Waals surface area contributed by atoms with E-state index in [1.165, 1.54) is 5.56 Å². The first-order valence-corrected chi connectivity index (χ1v) is 6.36. The van der Waals surface area contributed by atoms with E-state index in [2.05, 4.69) is 35.2 Å². The molecule has 0 radical (unpaired) electrons. The summed E-state index contributed by atoms with van der Waals surface area (Å²) in [6, 6.07) is 10.6. The first-order valence-electron chi connectivity index (χ1n) is 5.82. The molecule has 2 nitrogen and oxygen atoms in total. The zero-order chi connectivity index (χ0) is 11.2. The number of morpholine rings is 1. The van der Waals surface area contributed by atoms with Crippen molar-refractivity contribution < 1.29 is 4.74 Å². The summed E-state index contributed by atoms with van der Waals surface area (Å²) in [4.78, 5) is 2.44. The Morgan fingerprint density at radius 1 is 1.31 bits per heavy atom. The minimum absolute atomic E-state index is 0.315. The van der Waals surface area contributed by atoms with Crippen molar-refractivity contribution in [1.82, 2.24) is 4.90 Å². The first kappa shape index (κ1) is 11.9. The number of ether oxygens (including phenoxy) is 1. The molecule has 0 aromatic heterocycles. The van der Waals surface area contributed by atoms with Gasteiger partial charge in [-0.25, -0.2) is 0 Å². The van der Waals surface area contributed by atoms with Crippen LogP contribution in [0.25, 0.3) is 0 Å². The van der Waals surface area contributed by atoms with Gasteiger partial charge in [-0.3, -0.25) is 4.90 Å². The maximum Gasteiger partial charge on any atom is 0.0714 e. The van der Waals surface area contributed by atoms with Crippen molar-refractivity contribution >= 4 is 11.6 Å². The van der Waals surface area contributed by atoms with E-state index in [0.717, 1.165) is 32.7 Å². The van der Waals surface area contributed by atoms with Gasteiger partial charge in [-0.2, -0.15) is 0 Å². The van der Waals surface area contributed by atoms with E-state index in [-0.39, 0.29) is 0 Å². The van der Waals surface area contributed by atoms with Crippen LogP contribution in [0.2, 0.25) is 0 Å². The summed E-state index contributed by atoms with van der Waals surface area (Å²) in [6.45, 7) is 3.87. The number of rotatable bonds is 4. The van der Waals surface area contributed by atoms with Crippen molar-refractivity contribution in [2.45, 2.75) is 19.1 Å². The Hall–Kier alpha value is -0.570. The number of alkyl halides is 1. The van der Waals surface area contributed by atoms with Crippen LogP contribution in [-0.2, 0) is 11.3 Å². The zero-order valence-corrected chi connectivity index (χ0v) is 10.2. The lowest BCUT2D eigenvalue weighted by molar-refractivity contribution is -0.0320. The van der Waals surface area contributed by atoms with E-state index in [4.69, 9.17) is 16.3 Å². The van der Waals surface area contributed by atoms with Gasteiger partial charge in [-0.15, -0.1) is 11.6 Å². The minimum atomic E-state index is 0.315. The average Bonchev–Trinajstić information content (AvgIpc) is 2.31. The molecule has 88 valence electrons. The predicted molar refractivity (Wildman–Crippen MR) is 66.8 cm³/mol. The molecule has 1 aliphatic rings. The average molecular weight is 240 g/mol. The first-order chi connectivity index (χ1) is 7.88. The highest BCUT2D eigenvalue weighted by Crippen LogP contribution is 2.12. The molecular weight excluding hydrogens is 222 g/mol. The van der Waals surface area contributed by atoms with Gasteiger partial charge in [0.05, 0.1) is 12.7 Å². The van der Waals surface area contributed by atoms with Gasteiger partial charge in [-0.05, 0) is 12.0 Å². The van der Waals surface area contributed by atoms with E-state index < -0.39 is 0 Å². The van der Waals surface area contributed by atoms with Crippen molar-refractivity contribution in [3.63, 3.8) is 0 Å². The van der Waals surface area contributed by atoms with Gasteiger partial charge in [0.1, 0.15) is 0 Å². The molecule has 1 unspecified atom stereocenters. The van der Waals surface area contributed by atoms with Crippen molar-refractivity contribution in [3.8, 4) is 0 Å². The second kappa shape index (κ2) is 6.24. The smallest absolute Gasteiger partial charge is 0.0714 e. The Bertz CT molecular complexity index is 302. The fraction of sp³-hybridized carbons (Fsp3) is 0.538. The van der Waals surface area contributed by atoms with Gasteiger partial charge in [0.25, 0.3) is 0 Å². The Balaban J connectivity index is 1.85. The van der Waals surface area contributed by atoms with E-state index in [1.54, 1.807) is 0 Å². The molecule has 0 amide bonds. The molecule has 1 heterocycles. The van der Waals surface area contributed by atoms with Crippen LogP contribution in [0.4, 0.5) is 0 Å². The summed E-state index contributed by atoms with van der Waals surface area (Å²) in [5.41, 5.74) is 1.37. The molecule has 1 aromatic rings. The second-order valence-corrected chi connectivity index (χ2v) is 4.57. The SMILES string of the molecule is ClCCC1CN(Cc2ccccc2)CCO1. The summed E-state index contributed by atoms with van der Waals surface area (Å²) in [5.74, 6) is 0.684. The zero-order valence-electron chi connectivity index (χ0n) is 9.44. The van der Waals surface area contributed by atoms with Crippen molar-refractivity contribution in [2.24, 2.45) is 0 Å². The fourth-order valence-corrected chi connectivity index (χ4v) is 2.31. The van der Waals surface area contributed by atoms with Gasteiger partial charge in [0.2, 0.25) is 0 Å². The van der Waals surface area contributed by atoms with Crippen molar-refractivity contribution in [3.05, 3.63) is 35.9 Å². The molecular formula is C13H18ClNO. The summed E-state index contributed by atoms with van der Waals surface area (Å²) in [5, 5.41) is 0. The standard InChI is InChI=1S/C13H18ClNO/c14-7-6-13-11-15(8-9-16-13)10-12-4-2-1-3-5-12/h1-5,13H,6-11H2. The highest BCUT2D eigenvalue weighted by atomic mass is 35.5. The molecule has 1 aromatic carbocycles. The van der Waals surface area contributed by atoms with Gasteiger partial charge >= 0.3 is 0 Å². The summed E-state index contributed by atoms with van der Waals surface area (Å²) in [7, 11) is 0. The van der Waals surface area contributed by atoms with E-state index in [1.807, 2.05) is 0 Å². The summed E-state index contributed by atoms with van der Waals surface area (Å²) in [6.07, 6.45) is 1.27. The number of nitrogens with zero attached hydrogens (tertiary/aromatic N) is 1. The summed E-state index contributed by atoms with van der Waals surface area (Å²) >= 11 is 5.74. The van der Waals surface area contributed by atoms with Gasteiger partial charge < -0.3 is 4.74 Å². The highest BCUT2D eigenvalue weighted by molar-refractivity contribution is 6.17. The lowest BCUT2D eigenvalue weighted by atomic mass is 10.1. The fourth-order valence-electron chi connectivity index (χ4n) is 2.06. The molecule has 0 saturated carbocycles. The number of hydrogen-bond acceptors (Lipinski definition) is 2. The lowest BCUT2D eigenvalue weighted by Crippen LogP contribution is -2.42. The van der Waals surface area contributed by atoms with Crippen LogP contribution in [0.5, 0.6) is 0 Å². The lowest BCUT2D eigenvalue weighted by Gasteiger charge is -2.32. The van der Waals surface area contributed by atoms with Crippen LogP contribution >= 0.6 is 11.6 Å². The van der Waals surface area contributed by atoms with Crippen LogP contribution in [0.1, 0.15) is 12.0 Å². The Morgan fingerprint density at radius 2 is 2.12 bits per heavy atom. The van der Waals surface area contributed by atoms with E-state index in [9.17, 15) is 0 Å². The van der Waals surface area contributed by atoms with Gasteiger partial charge in [0, 0.05) is 25.5 Å². The molecule has 0 N–H and O–H groups in total. The minimum Gasteiger partial charge on any atom is -0.376 e. The maximum absolute atomic E-state index is 5.74. The third-order valence-electron chi connectivity index (χ3n) is 2.90. The van der Waals surface area contributed by atoms with Crippen LogP contribution in [-0.4, -0.2) is 36.6 Å². The second-order valence-electron chi connectivity index (χ2n) is 4.19. The van der Waals surface area contributed by atoms with E-state index >= 15 is 0 Å². The van der Waals surface area contributed by atoms with Gasteiger partial charge in [-0.1, -0.05) is 30.3 Å². The van der Waals surface area contributed by atoms with Crippen LogP contribution < -0.4 is 0 Å². The quantitative estimate of drug-likeness (QED) is 0.749. The largest absolute Gasteiger partial charge is 0.376 e. The normalized spacial score (nSPS) is 22.2. The molecule has 0 aliphatic carbocycles. The molecule has 1 atom stereocenters. The summed E-state index contributed by atoms with van der Waals surface area (Å²) < 4.78 is 5.66. The molecule has 16 heavy (non-hydrogen) atoms. The van der Waals surface area contributed by atoms with Crippen LogP contribution in [0, 0.1) is 0 Å². The molecule has 3 heteroatoms. The Morgan fingerprint density at radius 3 is 2.88 bits per heavy atom. The maximum atomic E-state index is 5.74. The predicted octanol–water partition coefficient (Wildman–Crippen LogP) is 2.52. The molecule has 0 spiro atoms. The van der Waals surface area contributed by atoms with Crippen LogP contribution in [0.3, 0.4) is 0 Å². The molecule has 1 fully saturated rings. The highest BCUT2D eigenvalue weighted by Gasteiger charge is 2.19. The third kappa shape index (κ3) is 3.48. The van der Waals surface area contributed by atoms with Gasteiger partial charge in [0.15, 0.2) is 0 Å². The molecule has 2 rings (SSSR count).